The summed E-state index contributed by atoms with van der Waals surface area (Å²) in [6.45, 7) is 3.94. The van der Waals surface area contributed by atoms with Crippen molar-refractivity contribution in [1.29, 1.82) is 0 Å². The van der Waals surface area contributed by atoms with Crippen molar-refractivity contribution in [3.63, 3.8) is 0 Å². The van der Waals surface area contributed by atoms with Gasteiger partial charge in [-0.15, -0.1) is 11.3 Å². The molecule has 0 aliphatic carbocycles. The SMILES string of the molecule is CC(C)Oc1ccc(-c2csc(NC(=O)C(Cc3ccccc3)N3C(=O)c4ccccc4C3=O)n2)cc1. The number of aromatic nitrogens is 1. The molecule has 37 heavy (non-hydrogen) atoms. The molecule has 2 heterocycles. The molecule has 7 nitrogen and oxygen atoms in total. The second kappa shape index (κ2) is 10.4. The van der Waals surface area contributed by atoms with E-state index in [1.165, 1.54) is 11.3 Å². The third-order valence-corrected chi connectivity index (χ3v) is 6.73. The number of ether oxygens (including phenoxy) is 1. The number of hydrogen-bond acceptors (Lipinski definition) is 6. The Hall–Kier alpha value is -4.30. The smallest absolute Gasteiger partial charge is 0.262 e. The topological polar surface area (TPSA) is 88.6 Å². The first kappa shape index (κ1) is 24.4. The van der Waals surface area contributed by atoms with Crippen LogP contribution in [0.15, 0.2) is 84.2 Å². The summed E-state index contributed by atoms with van der Waals surface area (Å²) in [6.07, 6.45) is 0.270. The fourth-order valence-electron chi connectivity index (χ4n) is 4.26. The molecular weight excluding hydrogens is 486 g/mol. The van der Waals surface area contributed by atoms with Gasteiger partial charge >= 0.3 is 0 Å². The number of amides is 3. The van der Waals surface area contributed by atoms with E-state index >= 15 is 0 Å². The van der Waals surface area contributed by atoms with E-state index in [2.05, 4.69) is 10.3 Å². The van der Waals surface area contributed by atoms with E-state index < -0.39 is 23.8 Å². The van der Waals surface area contributed by atoms with E-state index in [9.17, 15) is 14.4 Å². The van der Waals surface area contributed by atoms with Crippen LogP contribution in [0, 0.1) is 0 Å². The molecule has 1 N–H and O–H groups in total. The lowest BCUT2D eigenvalue weighted by Crippen LogP contribution is -2.48. The van der Waals surface area contributed by atoms with Crippen molar-refractivity contribution in [2.45, 2.75) is 32.4 Å². The van der Waals surface area contributed by atoms with Gasteiger partial charge in [-0.3, -0.25) is 19.3 Å². The van der Waals surface area contributed by atoms with Crippen molar-refractivity contribution in [2.24, 2.45) is 0 Å². The van der Waals surface area contributed by atoms with Crippen LogP contribution >= 0.6 is 11.3 Å². The van der Waals surface area contributed by atoms with Crippen molar-refractivity contribution >= 4 is 34.2 Å². The Morgan fingerprint density at radius 2 is 1.54 bits per heavy atom. The van der Waals surface area contributed by atoms with Gasteiger partial charge in [-0.1, -0.05) is 42.5 Å². The minimum absolute atomic E-state index is 0.0814. The third-order valence-electron chi connectivity index (χ3n) is 5.97. The predicted molar refractivity (Wildman–Crippen MR) is 143 cm³/mol. The van der Waals surface area contributed by atoms with Crippen LogP contribution in [0.25, 0.3) is 11.3 Å². The molecule has 0 saturated carbocycles. The highest BCUT2D eigenvalue weighted by atomic mass is 32.1. The standard InChI is InChI=1S/C29H25N3O4S/c1-18(2)36-21-14-12-20(13-15-21)24-17-37-29(30-24)31-26(33)25(16-19-8-4-3-5-9-19)32-27(34)22-10-6-7-11-23(22)28(32)35/h3-15,17-18,25H,16H2,1-2H3,(H,30,31,33). The number of nitrogens with zero attached hydrogens (tertiary/aromatic N) is 2. The summed E-state index contributed by atoms with van der Waals surface area (Å²) in [7, 11) is 0. The lowest BCUT2D eigenvalue weighted by Gasteiger charge is -2.25. The van der Waals surface area contributed by atoms with E-state index in [1.54, 1.807) is 24.3 Å². The Morgan fingerprint density at radius 3 is 2.16 bits per heavy atom. The number of fused-ring (bicyclic) bond motifs is 1. The van der Waals surface area contributed by atoms with Gasteiger partial charge in [-0.05, 0) is 55.8 Å². The zero-order valence-electron chi connectivity index (χ0n) is 20.4. The molecule has 1 aliphatic rings. The van der Waals surface area contributed by atoms with Crippen molar-refractivity contribution in [2.75, 3.05) is 5.32 Å². The first-order valence-electron chi connectivity index (χ1n) is 11.9. The van der Waals surface area contributed by atoms with Crippen LogP contribution < -0.4 is 10.1 Å². The minimum Gasteiger partial charge on any atom is -0.491 e. The van der Waals surface area contributed by atoms with Crippen LogP contribution in [0.3, 0.4) is 0 Å². The summed E-state index contributed by atoms with van der Waals surface area (Å²) < 4.78 is 5.69. The van der Waals surface area contributed by atoms with Gasteiger partial charge < -0.3 is 10.1 Å². The molecular formula is C29H25N3O4S. The maximum atomic E-state index is 13.5. The average molecular weight is 512 g/mol. The molecule has 8 heteroatoms. The number of imide groups is 1. The van der Waals surface area contributed by atoms with E-state index in [0.29, 0.717) is 22.0 Å². The summed E-state index contributed by atoms with van der Waals surface area (Å²) in [6, 6.07) is 22.5. The van der Waals surface area contributed by atoms with Crippen LogP contribution in [0.2, 0.25) is 0 Å². The molecule has 0 fully saturated rings. The maximum absolute atomic E-state index is 13.5. The Kier molecular flexibility index (Phi) is 6.83. The molecule has 5 rings (SSSR count). The molecule has 1 unspecified atom stereocenters. The van der Waals surface area contributed by atoms with E-state index in [1.807, 2.05) is 73.8 Å². The Labute approximate surface area is 218 Å². The number of rotatable bonds is 8. The molecule has 3 amide bonds. The second-order valence-corrected chi connectivity index (χ2v) is 9.81. The number of benzene rings is 3. The molecule has 0 spiro atoms. The van der Waals surface area contributed by atoms with Gasteiger partial charge in [-0.25, -0.2) is 4.98 Å². The third kappa shape index (κ3) is 5.15. The molecule has 186 valence electrons. The van der Waals surface area contributed by atoms with Crippen LogP contribution in [-0.2, 0) is 11.2 Å². The monoisotopic (exact) mass is 511 g/mol. The van der Waals surface area contributed by atoms with Gasteiger partial charge in [0.15, 0.2) is 5.13 Å². The number of nitrogens with one attached hydrogen (secondary N) is 1. The fourth-order valence-corrected chi connectivity index (χ4v) is 4.98. The van der Waals surface area contributed by atoms with Gasteiger partial charge in [0, 0.05) is 17.4 Å². The first-order chi connectivity index (χ1) is 17.9. The minimum atomic E-state index is -1.03. The fraction of sp³-hybridized carbons (Fsp3) is 0.172. The van der Waals surface area contributed by atoms with Crippen molar-refractivity contribution in [3.8, 4) is 17.0 Å². The predicted octanol–water partition coefficient (Wildman–Crippen LogP) is 5.44. The molecule has 1 atom stereocenters. The van der Waals surface area contributed by atoms with Crippen molar-refractivity contribution in [1.82, 2.24) is 9.88 Å². The lowest BCUT2D eigenvalue weighted by atomic mass is 10.0. The summed E-state index contributed by atoms with van der Waals surface area (Å²) in [4.78, 5) is 45.5. The summed E-state index contributed by atoms with van der Waals surface area (Å²) in [5.74, 6) is -0.646. The molecule has 0 radical (unpaired) electrons. The zero-order chi connectivity index (χ0) is 25.9. The highest BCUT2D eigenvalue weighted by Gasteiger charge is 2.42. The molecule has 3 aromatic carbocycles. The van der Waals surface area contributed by atoms with Gasteiger partial charge in [-0.2, -0.15) is 0 Å². The Bertz CT molecular complexity index is 1410. The van der Waals surface area contributed by atoms with E-state index in [-0.39, 0.29) is 12.5 Å². The second-order valence-electron chi connectivity index (χ2n) is 8.95. The zero-order valence-corrected chi connectivity index (χ0v) is 21.2. The van der Waals surface area contributed by atoms with Gasteiger partial charge in [0.05, 0.1) is 22.9 Å². The van der Waals surface area contributed by atoms with E-state index in [0.717, 1.165) is 21.8 Å². The normalized spacial score (nSPS) is 13.5. The largest absolute Gasteiger partial charge is 0.491 e. The first-order valence-corrected chi connectivity index (χ1v) is 12.8. The summed E-state index contributed by atoms with van der Waals surface area (Å²) in [5.41, 5.74) is 3.04. The number of carbonyl (C=O) groups excluding carboxylic acids is 3. The van der Waals surface area contributed by atoms with Gasteiger partial charge in [0.2, 0.25) is 5.91 Å². The van der Waals surface area contributed by atoms with Gasteiger partial charge in [0.25, 0.3) is 11.8 Å². The highest BCUT2D eigenvalue weighted by molar-refractivity contribution is 7.14. The number of carbonyl (C=O) groups is 3. The van der Waals surface area contributed by atoms with Crippen LogP contribution in [0.1, 0.15) is 40.1 Å². The lowest BCUT2D eigenvalue weighted by molar-refractivity contribution is -0.119. The van der Waals surface area contributed by atoms with Crippen LogP contribution in [0.4, 0.5) is 5.13 Å². The maximum Gasteiger partial charge on any atom is 0.262 e. The number of anilines is 1. The van der Waals surface area contributed by atoms with Crippen LogP contribution in [0.5, 0.6) is 5.75 Å². The molecule has 1 aromatic heterocycles. The van der Waals surface area contributed by atoms with E-state index in [4.69, 9.17) is 4.74 Å². The van der Waals surface area contributed by atoms with Crippen LogP contribution in [-0.4, -0.2) is 39.8 Å². The molecule has 0 saturated heterocycles. The molecule has 4 aromatic rings. The van der Waals surface area contributed by atoms with Crippen molar-refractivity contribution < 1.29 is 19.1 Å². The summed E-state index contributed by atoms with van der Waals surface area (Å²) >= 11 is 1.28. The van der Waals surface area contributed by atoms with Gasteiger partial charge in [0.1, 0.15) is 11.8 Å². The molecule has 0 bridgehead atoms. The highest BCUT2D eigenvalue weighted by Crippen LogP contribution is 2.29. The number of thiazole rings is 1. The Balaban J connectivity index is 1.38. The molecule has 1 aliphatic heterocycles. The number of hydrogen-bond donors (Lipinski definition) is 1. The van der Waals surface area contributed by atoms with Crippen molar-refractivity contribution in [3.05, 3.63) is 101 Å². The quantitative estimate of drug-likeness (QED) is 0.318. The summed E-state index contributed by atoms with van der Waals surface area (Å²) in [5, 5.41) is 5.07. The Morgan fingerprint density at radius 1 is 0.919 bits per heavy atom. The average Bonchev–Trinajstić information content (AvgIpc) is 3.46.